The van der Waals surface area contributed by atoms with Gasteiger partial charge in [0.1, 0.15) is 44.4 Å². The Balaban J connectivity index is 1.56. The first-order valence-electron chi connectivity index (χ1n) is 23.2. The van der Waals surface area contributed by atoms with Crippen LogP contribution in [0.25, 0.3) is 11.4 Å². The zero-order valence-corrected chi connectivity index (χ0v) is 43.9. The lowest BCUT2D eigenvalue weighted by molar-refractivity contribution is 0.0460. The smallest absolute Gasteiger partial charge is 0.407 e. The van der Waals surface area contributed by atoms with Crippen molar-refractivity contribution in [2.75, 3.05) is 52.4 Å². The summed E-state index contributed by atoms with van der Waals surface area (Å²) in [4.78, 5) is 25.2. The standard InChI is InChI=1S/C49H64FN9O12S2/c1-48(2,3)70-46(61)51-26-35(60)27-52-72(63,64)42-23-22-41(57-25-24-40(39(50)31-57)53-47(62)71-49(4,5)6)43(45-54-55-56-59(45)30-34-14-20-38(69-9)21-15-34)44(42)73(65,66)58(28-32-10-16-36(67-7)17-11-32)29-33-12-18-37(68-8)19-13-33/h10-23,35,39-40,52,60H,24-31H2,1-9H3,(H,51,61)(H,53,62)/t35-,39-,40+/m1/s1. The number of nitrogens with zero attached hydrogens (tertiary/aromatic N) is 6. The molecule has 1 fully saturated rings. The Morgan fingerprint density at radius 3 is 1.79 bits per heavy atom. The number of tetrazole rings is 1. The van der Waals surface area contributed by atoms with Gasteiger partial charge in [-0.2, -0.15) is 4.31 Å². The number of sulfonamides is 2. The van der Waals surface area contributed by atoms with Crippen molar-refractivity contribution in [1.29, 1.82) is 0 Å². The fourth-order valence-corrected chi connectivity index (χ4v) is 11.2. The van der Waals surface area contributed by atoms with E-state index in [0.29, 0.717) is 33.9 Å². The average Bonchev–Trinajstić information content (AvgIpc) is 3.79. The number of nitrogens with one attached hydrogen (secondary N) is 3. The summed E-state index contributed by atoms with van der Waals surface area (Å²) in [5.41, 5.74) is -0.289. The number of carbonyl (C=O) groups excluding carboxylic acids is 2. The molecule has 0 radical (unpaired) electrons. The van der Waals surface area contributed by atoms with Crippen molar-refractivity contribution < 1.29 is 59.6 Å². The Kier molecular flexibility index (Phi) is 17.9. The Morgan fingerprint density at radius 2 is 1.29 bits per heavy atom. The third kappa shape index (κ3) is 15.0. The van der Waals surface area contributed by atoms with Crippen molar-refractivity contribution in [2.45, 2.75) is 107 Å². The third-order valence-corrected chi connectivity index (χ3v) is 14.7. The summed E-state index contributed by atoms with van der Waals surface area (Å²) in [6, 6.07) is 21.7. The minimum absolute atomic E-state index is 0.0244. The van der Waals surface area contributed by atoms with Gasteiger partial charge in [0.05, 0.1) is 52.1 Å². The quantitative estimate of drug-likeness (QED) is 0.0760. The first-order chi connectivity index (χ1) is 34.4. The fraction of sp³-hybridized carbons (Fsp3) is 0.449. The van der Waals surface area contributed by atoms with Crippen LogP contribution in [0.5, 0.6) is 17.2 Å². The molecule has 1 aliphatic heterocycles. The second-order valence-electron chi connectivity index (χ2n) is 19.2. The first-order valence-corrected chi connectivity index (χ1v) is 26.2. The number of piperidine rings is 1. The maximum absolute atomic E-state index is 16.5. The summed E-state index contributed by atoms with van der Waals surface area (Å²) in [6.07, 6.45) is -4.90. The minimum atomic E-state index is -5.10. The van der Waals surface area contributed by atoms with Gasteiger partial charge in [0.25, 0.3) is 0 Å². The van der Waals surface area contributed by atoms with Crippen molar-refractivity contribution in [3.8, 4) is 28.6 Å². The van der Waals surface area contributed by atoms with E-state index in [1.807, 2.05) is 0 Å². The molecule has 2 amide bonds. The van der Waals surface area contributed by atoms with E-state index in [1.54, 1.807) is 119 Å². The van der Waals surface area contributed by atoms with E-state index in [2.05, 4.69) is 30.9 Å². The number of carbonyl (C=O) groups is 2. The number of aromatic nitrogens is 4. The average molecular weight is 1050 g/mol. The summed E-state index contributed by atoms with van der Waals surface area (Å²) in [5.74, 6) is 1.38. The number of halogens is 1. The van der Waals surface area contributed by atoms with Gasteiger partial charge in [-0.3, -0.25) is 0 Å². The predicted octanol–water partition coefficient (Wildman–Crippen LogP) is 5.41. The molecule has 0 bridgehead atoms. The molecule has 4 N–H and O–H groups in total. The third-order valence-electron chi connectivity index (χ3n) is 11.2. The maximum Gasteiger partial charge on any atom is 0.407 e. The van der Waals surface area contributed by atoms with Crippen LogP contribution in [0.15, 0.2) is 94.7 Å². The van der Waals surface area contributed by atoms with Crippen LogP contribution < -0.4 is 34.5 Å². The van der Waals surface area contributed by atoms with Gasteiger partial charge in [0.15, 0.2) is 5.82 Å². The molecule has 0 aliphatic carbocycles. The van der Waals surface area contributed by atoms with E-state index in [-0.39, 0.29) is 49.7 Å². The Bertz CT molecular complexity index is 2850. The molecule has 0 unspecified atom stereocenters. The van der Waals surface area contributed by atoms with Gasteiger partial charge in [0.2, 0.25) is 20.0 Å². The number of anilines is 1. The highest BCUT2D eigenvalue weighted by Gasteiger charge is 2.41. The Morgan fingerprint density at radius 1 is 0.767 bits per heavy atom. The van der Waals surface area contributed by atoms with E-state index >= 15 is 12.8 Å². The normalized spacial score (nSPS) is 15.9. The lowest BCUT2D eigenvalue weighted by Gasteiger charge is -2.38. The number of methoxy groups -OCH3 is 3. The van der Waals surface area contributed by atoms with Crippen molar-refractivity contribution in [2.24, 2.45) is 0 Å². The monoisotopic (exact) mass is 1050 g/mol. The zero-order valence-electron chi connectivity index (χ0n) is 42.3. The molecular weight excluding hydrogens is 990 g/mol. The highest BCUT2D eigenvalue weighted by Crippen LogP contribution is 2.43. The zero-order chi connectivity index (χ0) is 53.3. The molecule has 4 aromatic carbocycles. The van der Waals surface area contributed by atoms with Crippen LogP contribution in [0.1, 0.15) is 64.7 Å². The van der Waals surface area contributed by atoms with Crippen molar-refractivity contribution in [3.05, 3.63) is 102 Å². The van der Waals surface area contributed by atoms with Crippen LogP contribution >= 0.6 is 0 Å². The van der Waals surface area contributed by atoms with Gasteiger partial charge < -0.3 is 44.3 Å². The van der Waals surface area contributed by atoms with Crippen LogP contribution in [0, 0.1) is 0 Å². The molecule has 0 saturated carbocycles. The molecular formula is C49H64FN9O12S2. The Labute approximate surface area is 425 Å². The minimum Gasteiger partial charge on any atom is -0.497 e. The van der Waals surface area contributed by atoms with Crippen LogP contribution in [0.4, 0.5) is 19.7 Å². The second kappa shape index (κ2) is 23.5. The molecule has 396 valence electrons. The highest BCUT2D eigenvalue weighted by atomic mass is 32.2. The largest absolute Gasteiger partial charge is 0.497 e. The molecule has 1 aliphatic rings. The van der Waals surface area contributed by atoms with Gasteiger partial charge in [0, 0.05) is 38.4 Å². The van der Waals surface area contributed by atoms with Crippen LogP contribution in [0.3, 0.4) is 0 Å². The molecule has 3 atom stereocenters. The SMILES string of the molecule is COc1ccc(CN(Cc2ccc(OC)cc2)S(=O)(=O)c2c(S(=O)(=O)NC[C@H](O)CNC(=O)OC(C)(C)C)ccc(N3CC[C@H](NC(=O)OC(C)(C)C)[C@H](F)C3)c2-c2nnnn2Cc2ccc(OC)cc2)cc1. The summed E-state index contributed by atoms with van der Waals surface area (Å²) < 4.78 is 110. The molecule has 73 heavy (non-hydrogen) atoms. The molecule has 1 saturated heterocycles. The molecule has 0 spiro atoms. The molecule has 6 rings (SSSR count). The van der Waals surface area contributed by atoms with Crippen LogP contribution in [-0.4, -0.2) is 136 Å². The van der Waals surface area contributed by atoms with Gasteiger partial charge in [-0.05, 0) is 124 Å². The van der Waals surface area contributed by atoms with Crippen molar-refractivity contribution >= 4 is 37.9 Å². The van der Waals surface area contributed by atoms with Gasteiger partial charge in [-0.15, -0.1) is 5.10 Å². The number of alkyl halides is 1. The van der Waals surface area contributed by atoms with Crippen LogP contribution in [0.2, 0.25) is 0 Å². The number of alkyl carbamates (subject to hydrolysis) is 2. The predicted molar refractivity (Wildman–Crippen MR) is 268 cm³/mol. The maximum atomic E-state index is 16.5. The number of ether oxygens (including phenoxy) is 5. The number of amides is 2. The molecule has 5 aromatic rings. The van der Waals surface area contributed by atoms with E-state index in [1.165, 1.54) is 32.1 Å². The van der Waals surface area contributed by atoms with Crippen molar-refractivity contribution in [1.82, 2.24) is 39.9 Å². The molecule has 24 heteroatoms. The Hall–Kier alpha value is -6.60. The van der Waals surface area contributed by atoms with E-state index in [0.717, 1.165) is 10.4 Å². The lowest BCUT2D eigenvalue weighted by atomic mass is 10.0. The highest BCUT2D eigenvalue weighted by molar-refractivity contribution is 7.92. The summed E-state index contributed by atoms with van der Waals surface area (Å²) >= 11 is 0. The second-order valence-corrected chi connectivity index (χ2v) is 22.8. The molecule has 1 aromatic heterocycles. The number of hydrogen-bond acceptors (Lipinski definition) is 16. The summed E-state index contributed by atoms with van der Waals surface area (Å²) in [7, 11) is -5.56. The topological polar surface area (TPSA) is 255 Å². The summed E-state index contributed by atoms with van der Waals surface area (Å²) in [5, 5.41) is 28.5. The van der Waals surface area contributed by atoms with E-state index in [4.69, 9.17) is 23.7 Å². The number of aliphatic hydroxyl groups excluding tert-OH is 1. The van der Waals surface area contributed by atoms with E-state index < -0.39 is 91.2 Å². The van der Waals surface area contributed by atoms with Crippen LogP contribution in [-0.2, 0) is 49.2 Å². The van der Waals surface area contributed by atoms with Gasteiger partial charge in [-0.25, -0.2) is 40.2 Å². The van der Waals surface area contributed by atoms with Crippen molar-refractivity contribution in [3.63, 3.8) is 0 Å². The number of hydrogen-bond donors (Lipinski definition) is 4. The number of aliphatic hydroxyl groups is 1. The number of benzene rings is 4. The number of rotatable bonds is 20. The fourth-order valence-electron chi connectivity index (χ4n) is 7.73. The molecule has 2 heterocycles. The lowest BCUT2D eigenvalue weighted by Crippen LogP contribution is -2.53. The van der Waals surface area contributed by atoms with E-state index in [9.17, 15) is 23.1 Å². The first kappa shape index (κ1) is 55.7. The van der Waals surface area contributed by atoms with Gasteiger partial charge in [-0.1, -0.05) is 36.4 Å². The molecule has 21 nitrogen and oxygen atoms in total. The van der Waals surface area contributed by atoms with Gasteiger partial charge >= 0.3 is 12.2 Å². The summed E-state index contributed by atoms with van der Waals surface area (Å²) in [6.45, 7) is 7.86.